The highest BCUT2D eigenvalue weighted by Crippen LogP contribution is 2.27. The number of nitrogens with one attached hydrogen (secondary N) is 1. The monoisotopic (exact) mass is 302 g/mol. The Morgan fingerprint density at radius 1 is 1.41 bits per heavy atom. The molecule has 0 unspecified atom stereocenters. The Labute approximate surface area is 125 Å². The van der Waals surface area contributed by atoms with Crippen LogP contribution in [0.2, 0.25) is 0 Å². The molecule has 0 saturated carbocycles. The molecule has 1 saturated heterocycles. The number of carbonyl (C=O) groups excluding carboxylic acids is 2. The molecule has 2 heterocycles. The number of amides is 3. The van der Waals surface area contributed by atoms with Crippen LogP contribution in [0.1, 0.15) is 12.0 Å². The maximum Gasteiger partial charge on any atom is 0.329 e. The van der Waals surface area contributed by atoms with Gasteiger partial charge in [-0.15, -0.1) is 0 Å². The molecular formula is C14H14N4O4. The van der Waals surface area contributed by atoms with Crippen LogP contribution in [0.25, 0.3) is 10.9 Å². The number of aryl methyl sites for hydroxylation is 1. The molecule has 0 atom stereocenters. The van der Waals surface area contributed by atoms with Crippen molar-refractivity contribution in [3.05, 3.63) is 23.8 Å². The van der Waals surface area contributed by atoms with Crippen LogP contribution in [0.4, 0.5) is 10.6 Å². The van der Waals surface area contributed by atoms with Crippen LogP contribution < -0.4 is 10.2 Å². The van der Waals surface area contributed by atoms with Crippen LogP contribution in [0, 0.1) is 0 Å². The first-order valence-corrected chi connectivity index (χ1v) is 6.74. The highest BCUT2D eigenvalue weighted by Gasteiger charge is 2.27. The van der Waals surface area contributed by atoms with E-state index in [9.17, 15) is 14.4 Å². The van der Waals surface area contributed by atoms with E-state index in [-0.39, 0.29) is 25.3 Å². The molecule has 0 spiro atoms. The van der Waals surface area contributed by atoms with E-state index in [4.69, 9.17) is 5.11 Å². The Morgan fingerprint density at radius 3 is 2.86 bits per heavy atom. The summed E-state index contributed by atoms with van der Waals surface area (Å²) in [5, 5.41) is 16.2. The van der Waals surface area contributed by atoms with Crippen molar-refractivity contribution < 1.29 is 19.5 Å². The van der Waals surface area contributed by atoms with Gasteiger partial charge < -0.3 is 5.11 Å². The molecule has 1 aliphatic heterocycles. The molecule has 2 N–H and O–H groups in total. The van der Waals surface area contributed by atoms with Crippen LogP contribution >= 0.6 is 0 Å². The highest BCUT2D eigenvalue weighted by atomic mass is 16.4. The van der Waals surface area contributed by atoms with Gasteiger partial charge in [0.05, 0.1) is 11.9 Å². The molecule has 1 aliphatic rings. The van der Waals surface area contributed by atoms with E-state index in [0.29, 0.717) is 11.4 Å². The fourth-order valence-corrected chi connectivity index (χ4v) is 2.53. The number of rotatable bonds is 3. The first kappa shape index (κ1) is 14.1. The van der Waals surface area contributed by atoms with Gasteiger partial charge in [0, 0.05) is 25.4 Å². The SMILES string of the molecule is Cn1nc(N2CCC(=O)NC2=O)c2ccc(CC(=O)O)cc21. The van der Waals surface area contributed by atoms with E-state index in [1.807, 2.05) is 0 Å². The smallest absolute Gasteiger partial charge is 0.329 e. The number of imide groups is 1. The molecule has 3 rings (SSSR count). The molecule has 1 aromatic carbocycles. The summed E-state index contributed by atoms with van der Waals surface area (Å²) in [5.74, 6) is -0.745. The molecular weight excluding hydrogens is 288 g/mol. The summed E-state index contributed by atoms with van der Waals surface area (Å²) in [6.07, 6.45) is 0.149. The number of fused-ring (bicyclic) bond motifs is 1. The van der Waals surface area contributed by atoms with Crippen LogP contribution in [0.3, 0.4) is 0 Å². The maximum absolute atomic E-state index is 11.9. The first-order chi connectivity index (χ1) is 10.5. The van der Waals surface area contributed by atoms with Gasteiger partial charge in [0.15, 0.2) is 5.82 Å². The summed E-state index contributed by atoms with van der Waals surface area (Å²) >= 11 is 0. The fraction of sp³-hybridized carbons (Fsp3) is 0.286. The van der Waals surface area contributed by atoms with E-state index in [0.717, 1.165) is 10.9 Å². The summed E-state index contributed by atoms with van der Waals surface area (Å²) in [7, 11) is 1.73. The normalized spacial score (nSPS) is 15.2. The van der Waals surface area contributed by atoms with Gasteiger partial charge in [0.2, 0.25) is 5.91 Å². The van der Waals surface area contributed by atoms with E-state index in [1.54, 1.807) is 29.9 Å². The number of carboxylic acids is 1. The van der Waals surface area contributed by atoms with E-state index in [2.05, 4.69) is 10.4 Å². The van der Waals surface area contributed by atoms with E-state index < -0.39 is 12.0 Å². The summed E-state index contributed by atoms with van der Waals surface area (Å²) < 4.78 is 1.60. The molecule has 0 bridgehead atoms. The number of hydrogen-bond acceptors (Lipinski definition) is 4. The average Bonchev–Trinajstić information content (AvgIpc) is 2.75. The largest absolute Gasteiger partial charge is 0.481 e. The first-order valence-electron chi connectivity index (χ1n) is 6.74. The van der Waals surface area contributed by atoms with Crippen LogP contribution in [0.15, 0.2) is 18.2 Å². The summed E-state index contributed by atoms with van der Waals surface area (Å²) in [4.78, 5) is 35.4. The van der Waals surface area contributed by atoms with Crippen molar-refractivity contribution in [3.63, 3.8) is 0 Å². The standard InChI is InChI=1S/C14H14N4O4/c1-17-10-6-8(7-12(20)21)2-3-9(10)13(16-17)18-5-4-11(19)15-14(18)22/h2-3,6H,4-5,7H2,1H3,(H,20,21)(H,15,19,22). The van der Waals surface area contributed by atoms with Gasteiger partial charge in [-0.1, -0.05) is 6.07 Å². The Morgan fingerprint density at radius 2 is 2.18 bits per heavy atom. The van der Waals surface area contributed by atoms with Gasteiger partial charge in [-0.3, -0.25) is 24.5 Å². The number of anilines is 1. The average molecular weight is 302 g/mol. The second kappa shape index (κ2) is 5.14. The molecule has 8 heteroatoms. The lowest BCUT2D eigenvalue weighted by Crippen LogP contribution is -2.49. The van der Waals surface area contributed by atoms with Gasteiger partial charge in [-0.25, -0.2) is 4.79 Å². The zero-order valence-corrected chi connectivity index (χ0v) is 11.9. The van der Waals surface area contributed by atoms with Crippen molar-refractivity contribution in [1.29, 1.82) is 0 Å². The molecule has 114 valence electrons. The molecule has 8 nitrogen and oxygen atoms in total. The lowest BCUT2D eigenvalue weighted by molar-refractivity contribution is -0.136. The Bertz CT molecular complexity index is 795. The number of nitrogens with zero attached hydrogens (tertiary/aromatic N) is 3. The molecule has 0 aliphatic carbocycles. The minimum atomic E-state index is -0.907. The number of carbonyl (C=O) groups is 3. The van der Waals surface area contributed by atoms with Crippen LogP contribution in [0.5, 0.6) is 0 Å². The molecule has 1 aromatic heterocycles. The molecule has 22 heavy (non-hydrogen) atoms. The lowest BCUT2D eigenvalue weighted by atomic mass is 10.1. The van der Waals surface area contributed by atoms with Gasteiger partial charge in [-0.2, -0.15) is 5.10 Å². The van der Waals surface area contributed by atoms with E-state index in [1.165, 1.54) is 4.90 Å². The highest BCUT2D eigenvalue weighted by molar-refractivity contribution is 6.08. The number of urea groups is 1. The third-order valence-corrected chi connectivity index (χ3v) is 3.56. The zero-order chi connectivity index (χ0) is 15.9. The molecule has 3 amide bonds. The number of aromatic nitrogens is 2. The third-order valence-electron chi connectivity index (χ3n) is 3.56. The second-order valence-electron chi connectivity index (χ2n) is 5.12. The van der Waals surface area contributed by atoms with Crippen molar-refractivity contribution in [2.75, 3.05) is 11.4 Å². The van der Waals surface area contributed by atoms with Gasteiger partial charge >= 0.3 is 12.0 Å². The molecule has 2 aromatic rings. The quantitative estimate of drug-likeness (QED) is 0.866. The van der Waals surface area contributed by atoms with Crippen molar-refractivity contribution >= 4 is 34.6 Å². The maximum atomic E-state index is 11.9. The minimum Gasteiger partial charge on any atom is -0.481 e. The lowest BCUT2D eigenvalue weighted by Gasteiger charge is -2.24. The predicted molar refractivity (Wildman–Crippen MR) is 77.6 cm³/mol. The van der Waals surface area contributed by atoms with Gasteiger partial charge in [-0.05, 0) is 17.7 Å². The number of hydrogen-bond donors (Lipinski definition) is 2. The predicted octanol–water partition coefficient (Wildman–Crippen LogP) is 0.647. The Kier molecular flexibility index (Phi) is 3.28. The second-order valence-corrected chi connectivity index (χ2v) is 5.12. The van der Waals surface area contributed by atoms with Crippen molar-refractivity contribution in [1.82, 2.24) is 15.1 Å². The van der Waals surface area contributed by atoms with Crippen LogP contribution in [-0.4, -0.2) is 39.3 Å². The van der Waals surface area contributed by atoms with Crippen molar-refractivity contribution in [2.45, 2.75) is 12.8 Å². The third kappa shape index (κ3) is 2.39. The molecule has 0 radical (unpaired) electrons. The van der Waals surface area contributed by atoms with Crippen LogP contribution in [-0.2, 0) is 23.1 Å². The fourth-order valence-electron chi connectivity index (χ4n) is 2.53. The number of benzene rings is 1. The minimum absolute atomic E-state index is 0.0743. The molecule has 1 fully saturated rings. The van der Waals surface area contributed by atoms with Crippen molar-refractivity contribution in [2.24, 2.45) is 7.05 Å². The topological polar surface area (TPSA) is 105 Å². The number of aliphatic carboxylic acids is 1. The van der Waals surface area contributed by atoms with Gasteiger partial charge in [0.1, 0.15) is 0 Å². The Hall–Kier alpha value is -2.90. The summed E-state index contributed by atoms with van der Waals surface area (Å²) in [6.45, 7) is 0.271. The summed E-state index contributed by atoms with van der Waals surface area (Å²) in [6, 6.07) is 4.70. The Balaban J connectivity index is 2.03. The van der Waals surface area contributed by atoms with E-state index >= 15 is 0 Å². The number of carboxylic acid groups (broad SMARTS) is 1. The van der Waals surface area contributed by atoms with Crippen molar-refractivity contribution in [3.8, 4) is 0 Å². The zero-order valence-electron chi connectivity index (χ0n) is 11.9. The van der Waals surface area contributed by atoms with Gasteiger partial charge in [0.25, 0.3) is 0 Å². The summed E-state index contributed by atoms with van der Waals surface area (Å²) in [5.41, 5.74) is 1.39.